The first-order valence-corrected chi connectivity index (χ1v) is 10.1. The Morgan fingerprint density at radius 1 is 1.21 bits per heavy atom. The summed E-state index contributed by atoms with van der Waals surface area (Å²) in [6.07, 6.45) is -4.30. The highest BCUT2D eigenvalue weighted by Gasteiger charge is 2.63. The van der Waals surface area contributed by atoms with Gasteiger partial charge in [0.2, 0.25) is 11.4 Å². The Kier molecular flexibility index (Phi) is 6.22. The number of aromatic nitrogens is 4. The number of fused-ring (bicyclic) bond motifs is 1. The van der Waals surface area contributed by atoms with E-state index in [0.717, 1.165) is 13.8 Å². The lowest BCUT2D eigenvalue weighted by Gasteiger charge is -2.32. The molecule has 2 aromatic heterocycles. The first-order valence-electron chi connectivity index (χ1n) is 10.1. The van der Waals surface area contributed by atoms with E-state index in [1.807, 2.05) is 0 Å². The number of H-pyrrole nitrogens is 1. The number of aromatic amines is 1. The summed E-state index contributed by atoms with van der Waals surface area (Å²) >= 11 is 0. The summed E-state index contributed by atoms with van der Waals surface area (Å²) in [6.45, 7) is 1.81. The first kappa shape index (κ1) is 23.2. The van der Waals surface area contributed by atoms with Crippen molar-refractivity contribution in [3.8, 4) is 0 Å². The van der Waals surface area contributed by atoms with Crippen LogP contribution in [-0.2, 0) is 23.8 Å². The molecule has 4 atom stereocenters. The second-order valence-corrected chi connectivity index (χ2v) is 7.49. The van der Waals surface area contributed by atoms with Crippen LogP contribution >= 0.6 is 0 Å². The van der Waals surface area contributed by atoms with Crippen LogP contribution < -0.4 is 5.32 Å². The van der Waals surface area contributed by atoms with E-state index in [1.165, 1.54) is 18.5 Å². The molecule has 1 saturated heterocycles. The molecular weight excluding hydrogens is 453 g/mol. The van der Waals surface area contributed by atoms with Gasteiger partial charge in [0.05, 0.1) is 6.33 Å². The number of ether oxygens (including phenoxy) is 3. The van der Waals surface area contributed by atoms with Crippen molar-refractivity contribution in [2.75, 3.05) is 11.9 Å². The molecule has 0 radical (unpaired) electrons. The number of nitrogens with zero attached hydrogens (tertiary/aromatic N) is 3. The quantitative estimate of drug-likeness (QED) is 0.252. The van der Waals surface area contributed by atoms with Gasteiger partial charge in [-0.2, -0.15) is 14.4 Å². The molecule has 12 nitrogen and oxygen atoms in total. The van der Waals surface area contributed by atoms with E-state index in [1.54, 1.807) is 18.2 Å². The molecule has 0 spiro atoms. The third-order valence-electron chi connectivity index (χ3n) is 5.15. The third kappa shape index (κ3) is 4.30. The van der Waals surface area contributed by atoms with Crippen LogP contribution in [0.3, 0.4) is 0 Å². The number of esters is 2. The normalized spacial score (nSPS) is 24.1. The van der Waals surface area contributed by atoms with Crippen LogP contribution in [-0.4, -0.2) is 73.4 Å². The number of benzene rings is 1. The summed E-state index contributed by atoms with van der Waals surface area (Å²) < 4.78 is 30.1. The number of carbonyl (C=O) groups excluding carboxylic acids is 3. The average Bonchev–Trinajstić information content (AvgIpc) is 3.36. The van der Waals surface area contributed by atoms with Crippen LogP contribution in [0.1, 0.15) is 24.2 Å². The lowest BCUT2D eigenvalue weighted by atomic mass is 9.85. The number of hydrogen-bond donors (Lipinski definition) is 3. The second kappa shape index (κ2) is 9.11. The zero-order valence-corrected chi connectivity index (χ0v) is 18.0. The fourth-order valence-electron chi connectivity index (χ4n) is 3.70. The van der Waals surface area contributed by atoms with Gasteiger partial charge in [0, 0.05) is 19.4 Å². The molecule has 1 aromatic carbocycles. The van der Waals surface area contributed by atoms with Crippen LogP contribution in [0.4, 0.5) is 10.2 Å². The van der Waals surface area contributed by atoms with Gasteiger partial charge in [-0.3, -0.25) is 14.4 Å². The summed E-state index contributed by atoms with van der Waals surface area (Å²) in [6, 6.07) is 7.76. The third-order valence-corrected chi connectivity index (χ3v) is 5.15. The highest BCUT2D eigenvalue weighted by molar-refractivity contribution is 6.04. The van der Waals surface area contributed by atoms with Gasteiger partial charge in [0.25, 0.3) is 0 Å². The molecule has 4 rings (SSSR count). The first-order chi connectivity index (χ1) is 16.2. The Bertz CT molecular complexity index is 1240. The fraction of sp³-hybridized carbons (Fsp3) is 0.333. The maximum atomic E-state index is 14.0. The highest BCUT2D eigenvalue weighted by atomic mass is 19.1. The second-order valence-electron chi connectivity index (χ2n) is 7.49. The maximum absolute atomic E-state index is 14.0. The molecule has 178 valence electrons. The van der Waals surface area contributed by atoms with Crippen molar-refractivity contribution in [2.24, 2.45) is 0 Å². The molecule has 13 heteroatoms. The number of halogens is 1. The molecule has 1 unspecified atom stereocenters. The van der Waals surface area contributed by atoms with E-state index in [9.17, 15) is 23.9 Å². The highest BCUT2D eigenvalue weighted by Crippen LogP contribution is 2.38. The van der Waals surface area contributed by atoms with Gasteiger partial charge in [0.15, 0.2) is 23.8 Å². The largest absolute Gasteiger partial charge is 0.463 e. The maximum Gasteiger partial charge on any atom is 0.312 e. The summed E-state index contributed by atoms with van der Waals surface area (Å²) in [5.74, 6) is -2.49. The number of aliphatic hydroxyl groups is 1. The van der Waals surface area contributed by atoms with E-state index in [2.05, 4.69) is 25.3 Å². The van der Waals surface area contributed by atoms with Gasteiger partial charge in [-0.15, -0.1) is 0 Å². The van der Waals surface area contributed by atoms with Crippen LogP contribution in [0.5, 0.6) is 0 Å². The number of Topliss-reactive ketones (excluding diaryl/α,β-unsaturated/α-hetero) is 1. The number of anilines is 1. The van der Waals surface area contributed by atoms with Crippen molar-refractivity contribution in [1.82, 2.24) is 19.9 Å². The number of imidazole rings is 1. The van der Waals surface area contributed by atoms with Crippen molar-refractivity contribution >= 4 is 34.7 Å². The predicted octanol–water partition coefficient (Wildman–Crippen LogP) is 0.738. The van der Waals surface area contributed by atoms with E-state index >= 15 is 0 Å². The molecule has 0 bridgehead atoms. The Balaban J connectivity index is 1.79. The van der Waals surface area contributed by atoms with E-state index in [0.29, 0.717) is 0 Å². The van der Waals surface area contributed by atoms with Gasteiger partial charge in [-0.25, -0.2) is 4.98 Å². The average molecular weight is 473 g/mol. The number of ketones is 1. The molecule has 3 N–H and O–H groups in total. The summed E-state index contributed by atoms with van der Waals surface area (Å²) in [5, 5.41) is 14.4. The smallest absolute Gasteiger partial charge is 0.312 e. The Morgan fingerprint density at radius 3 is 2.62 bits per heavy atom. The Hall–Kier alpha value is -3.97. The predicted molar refractivity (Wildman–Crippen MR) is 112 cm³/mol. The minimum atomic E-state index is -2.52. The van der Waals surface area contributed by atoms with Crippen LogP contribution in [0.2, 0.25) is 0 Å². The van der Waals surface area contributed by atoms with Gasteiger partial charge in [-0.1, -0.05) is 30.3 Å². The molecule has 0 amide bonds. The molecule has 0 aliphatic carbocycles. The van der Waals surface area contributed by atoms with Crippen molar-refractivity contribution in [3.05, 3.63) is 48.3 Å². The van der Waals surface area contributed by atoms with Crippen molar-refractivity contribution in [1.29, 1.82) is 0 Å². The van der Waals surface area contributed by atoms with E-state index < -0.39 is 54.4 Å². The monoisotopic (exact) mass is 473 g/mol. The van der Waals surface area contributed by atoms with Gasteiger partial charge >= 0.3 is 18.0 Å². The number of nitrogens with one attached hydrogen (secondary N) is 2. The molecule has 1 fully saturated rings. The van der Waals surface area contributed by atoms with E-state index in [-0.39, 0.29) is 22.5 Å². The van der Waals surface area contributed by atoms with Crippen LogP contribution in [0.15, 0.2) is 36.7 Å². The fourth-order valence-corrected chi connectivity index (χ4v) is 3.70. The molecule has 34 heavy (non-hydrogen) atoms. The standard InChI is InChI=1S/C21H20FN5O7/c1-10(28)32-8-13-16(33-11(2)29)21(31,15(30)12-6-4-3-5-7-12)19(34-13)25-18-14-17(24-9-23-14)26-20(22)27-18/h3-7,9,13,16,19,31H,8H2,1-2H3,(H2,23,24,25,26,27)/t13-,16-,19?,21+/m1/s1. The molecule has 1 aliphatic rings. The molecule has 1 aliphatic heterocycles. The minimum Gasteiger partial charge on any atom is -0.463 e. The molecule has 3 aromatic rings. The number of rotatable bonds is 7. The summed E-state index contributed by atoms with van der Waals surface area (Å²) in [7, 11) is 0. The van der Waals surface area contributed by atoms with Gasteiger partial charge < -0.3 is 29.6 Å². The van der Waals surface area contributed by atoms with Crippen molar-refractivity contribution < 1.29 is 38.1 Å². The van der Waals surface area contributed by atoms with E-state index in [4.69, 9.17) is 14.2 Å². The summed E-state index contributed by atoms with van der Waals surface area (Å²) in [5.41, 5.74) is -2.27. The van der Waals surface area contributed by atoms with Crippen molar-refractivity contribution in [3.63, 3.8) is 0 Å². The zero-order chi connectivity index (χ0) is 24.5. The Morgan fingerprint density at radius 2 is 1.94 bits per heavy atom. The molecular formula is C21H20FN5O7. The van der Waals surface area contributed by atoms with Gasteiger partial charge in [-0.05, 0) is 0 Å². The van der Waals surface area contributed by atoms with Crippen LogP contribution in [0, 0.1) is 6.08 Å². The van der Waals surface area contributed by atoms with Gasteiger partial charge in [0.1, 0.15) is 18.2 Å². The van der Waals surface area contributed by atoms with Crippen molar-refractivity contribution in [2.45, 2.75) is 37.9 Å². The lowest BCUT2D eigenvalue weighted by Crippen LogP contribution is -2.58. The Labute approximate surface area is 191 Å². The SMILES string of the molecule is CC(=O)OC[C@H]1OC(Nc2nc(F)nc3nc[nH]c23)[C@](O)(C(=O)c2ccccc2)[C@@H]1OC(C)=O. The summed E-state index contributed by atoms with van der Waals surface area (Å²) in [4.78, 5) is 50.6. The number of carbonyl (C=O) groups is 3. The lowest BCUT2D eigenvalue weighted by molar-refractivity contribution is -0.160. The number of hydrogen-bond acceptors (Lipinski definition) is 11. The molecule has 3 heterocycles. The zero-order valence-electron chi connectivity index (χ0n) is 18.0. The molecule has 0 saturated carbocycles. The minimum absolute atomic E-state index is 0.0149. The topological polar surface area (TPSA) is 166 Å². The van der Waals surface area contributed by atoms with Crippen LogP contribution in [0.25, 0.3) is 11.2 Å².